The summed E-state index contributed by atoms with van der Waals surface area (Å²) in [5.41, 5.74) is 0. The average Bonchev–Trinajstić information content (AvgIpc) is 2.76. The summed E-state index contributed by atoms with van der Waals surface area (Å²) in [4.78, 5) is 17.2. The molecule has 1 aromatic heterocycles. The number of amides is 2. The molecule has 2 amide bonds. The number of aryl methyl sites for hydroxylation is 1. The number of likely N-dealkylation sites (tertiary alicyclic amines) is 1. The van der Waals surface area contributed by atoms with Gasteiger partial charge in [0.2, 0.25) is 0 Å². The van der Waals surface area contributed by atoms with Gasteiger partial charge in [0, 0.05) is 36.6 Å². The molecule has 0 unspecified atom stereocenters. The van der Waals surface area contributed by atoms with Crippen LogP contribution in [-0.2, 0) is 4.74 Å². The lowest BCUT2D eigenvalue weighted by atomic mass is 10.1. The number of hydrogen-bond donors (Lipinski definition) is 1. The monoisotopic (exact) mass is 310 g/mol. The Balaban J connectivity index is 2.00. The van der Waals surface area contributed by atoms with Gasteiger partial charge in [-0.15, -0.1) is 11.3 Å². The minimum Gasteiger partial charge on any atom is -0.385 e. The summed E-state index contributed by atoms with van der Waals surface area (Å²) in [5, 5.41) is 3.03. The van der Waals surface area contributed by atoms with Gasteiger partial charge in [-0.2, -0.15) is 0 Å². The van der Waals surface area contributed by atoms with E-state index in [0.29, 0.717) is 13.2 Å². The minimum atomic E-state index is 0.0732. The topological polar surface area (TPSA) is 41.6 Å². The Kier molecular flexibility index (Phi) is 6.51. The summed E-state index contributed by atoms with van der Waals surface area (Å²) < 4.78 is 5.02. The molecule has 2 heterocycles. The molecule has 1 saturated heterocycles. The number of carbonyl (C=O) groups is 1. The normalized spacial score (nSPS) is 19.3. The van der Waals surface area contributed by atoms with E-state index in [-0.39, 0.29) is 12.1 Å². The molecule has 1 aromatic rings. The fourth-order valence-corrected chi connectivity index (χ4v) is 3.82. The van der Waals surface area contributed by atoms with Crippen molar-refractivity contribution < 1.29 is 9.53 Å². The Morgan fingerprint density at radius 1 is 1.43 bits per heavy atom. The van der Waals surface area contributed by atoms with Crippen molar-refractivity contribution in [3.63, 3.8) is 0 Å². The molecule has 0 saturated carbocycles. The number of carbonyl (C=O) groups excluding carboxylic acids is 1. The van der Waals surface area contributed by atoms with Gasteiger partial charge in [-0.1, -0.05) is 12.8 Å². The highest BCUT2D eigenvalue weighted by Crippen LogP contribution is 2.34. The van der Waals surface area contributed by atoms with E-state index in [1.165, 1.54) is 22.6 Å². The van der Waals surface area contributed by atoms with Crippen LogP contribution in [0.5, 0.6) is 0 Å². The van der Waals surface area contributed by atoms with E-state index in [2.05, 4.69) is 24.4 Å². The van der Waals surface area contributed by atoms with Crippen molar-refractivity contribution in [1.29, 1.82) is 0 Å². The lowest BCUT2D eigenvalue weighted by Gasteiger charge is -2.29. The maximum absolute atomic E-state index is 12.5. The lowest BCUT2D eigenvalue weighted by molar-refractivity contribution is 0.171. The van der Waals surface area contributed by atoms with Crippen LogP contribution in [0.4, 0.5) is 4.79 Å². The third-order valence-electron chi connectivity index (χ3n) is 3.90. The van der Waals surface area contributed by atoms with Gasteiger partial charge in [0.1, 0.15) is 0 Å². The van der Waals surface area contributed by atoms with E-state index in [9.17, 15) is 4.79 Å². The van der Waals surface area contributed by atoms with Crippen molar-refractivity contribution in [1.82, 2.24) is 10.2 Å². The third-order valence-corrected chi connectivity index (χ3v) is 5.01. The first-order chi connectivity index (χ1) is 10.2. The van der Waals surface area contributed by atoms with Gasteiger partial charge in [0.15, 0.2) is 0 Å². The quantitative estimate of drug-likeness (QED) is 0.842. The summed E-state index contributed by atoms with van der Waals surface area (Å²) in [6.45, 7) is 4.35. The number of rotatable bonds is 5. The predicted molar refractivity (Wildman–Crippen MR) is 86.9 cm³/mol. The molecule has 2 rings (SSSR count). The summed E-state index contributed by atoms with van der Waals surface area (Å²) in [6.07, 6.45) is 5.46. The van der Waals surface area contributed by atoms with E-state index < -0.39 is 0 Å². The summed E-state index contributed by atoms with van der Waals surface area (Å²) >= 11 is 1.81. The molecule has 5 heteroatoms. The molecule has 0 aliphatic carbocycles. The first-order valence-corrected chi connectivity index (χ1v) is 8.63. The van der Waals surface area contributed by atoms with Crippen molar-refractivity contribution in [3.8, 4) is 0 Å². The maximum atomic E-state index is 12.5. The highest BCUT2D eigenvalue weighted by molar-refractivity contribution is 7.12. The number of urea groups is 1. The summed E-state index contributed by atoms with van der Waals surface area (Å²) in [5.74, 6) is 0. The minimum absolute atomic E-state index is 0.0732. The van der Waals surface area contributed by atoms with Crippen LogP contribution in [0.1, 0.15) is 47.9 Å². The van der Waals surface area contributed by atoms with Crippen molar-refractivity contribution in [2.24, 2.45) is 0 Å². The number of thiophene rings is 1. The molecule has 21 heavy (non-hydrogen) atoms. The largest absolute Gasteiger partial charge is 0.385 e. The number of nitrogens with one attached hydrogen (secondary N) is 1. The van der Waals surface area contributed by atoms with Crippen molar-refractivity contribution >= 4 is 17.4 Å². The Hall–Kier alpha value is -1.07. The molecule has 1 fully saturated rings. The van der Waals surface area contributed by atoms with Crippen LogP contribution >= 0.6 is 11.3 Å². The van der Waals surface area contributed by atoms with Crippen LogP contribution in [0, 0.1) is 6.92 Å². The van der Waals surface area contributed by atoms with Gasteiger partial charge in [0.05, 0.1) is 6.04 Å². The average molecular weight is 310 g/mol. The molecule has 1 aliphatic heterocycles. The zero-order valence-corrected chi connectivity index (χ0v) is 13.9. The van der Waals surface area contributed by atoms with E-state index in [4.69, 9.17) is 4.74 Å². The fourth-order valence-electron chi connectivity index (χ4n) is 2.79. The van der Waals surface area contributed by atoms with Crippen molar-refractivity contribution in [2.75, 3.05) is 26.8 Å². The predicted octanol–water partition coefficient (Wildman–Crippen LogP) is 3.72. The Bertz CT molecular complexity index is 447. The lowest BCUT2D eigenvalue weighted by Crippen LogP contribution is -2.42. The second kappa shape index (κ2) is 8.39. The van der Waals surface area contributed by atoms with Gasteiger partial charge in [-0.25, -0.2) is 4.79 Å². The Labute approximate surface area is 131 Å². The number of nitrogens with zero attached hydrogens (tertiary/aromatic N) is 1. The molecule has 1 aliphatic rings. The summed E-state index contributed by atoms with van der Waals surface area (Å²) in [7, 11) is 1.69. The van der Waals surface area contributed by atoms with Crippen molar-refractivity contribution in [2.45, 2.75) is 45.1 Å². The highest BCUT2D eigenvalue weighted by Gasteiger charge is 2.27. The van der Waals surface area contributed by atoms with Crippen LogP contribution in [0.3, 0.4) is 0 Å². The van der Waals surface area contributed by atoms with E-state index in [1.807, 2.05) is 16.2 Å². The Morgan fingerprint density at radius 3 is 3.00 bits per heavy atom. The second-order valence-corrected chi connectivity index (χ2v) is 6.90. The maximum Gasteiger partial charge on any atom is 0.317 e. The van der Waals surface area contributed by atoms with Gasteiger partial charge < -0.3 is 15.0 Å². The standard InChI is InChI=1S/C16H26N2O2S/c1-13-8-9-15(21-13)14-7-4-3-5-11-18(14)16(19)17-10-6-12-20-2/h8-9,14H,3-7,10-12H2,1-2H3,(H,17,19)/t14-/m1/s1. The molecule has 0 radical (unpaired) electrons. The van der Waals surface area contributed by atoms with Crippen LogP contribution in [0.25, 0.3) is 0 Å². The van der Waals surface area contributed by atoms with Gasteiger partial charge in [-0.05, 0) is 38.3 Å². The van der Waals surface area contributed by atoms with Gasteiger partial charge in [0.25, 0.3) is 0 Å². The molecule has 0 spiro atoms. The second-order valence-electron chi connectivity index (χ2n) is 5.59. The van der Waals surface area contributed by atoms with Crippen LogP contribution < -0.4 is 5.32 Å². The SMILES string of the molecule is COCCCNC(=O)N1CCCCC[C@@H]1c1ccc(C)s1. The number of ether oxygens (including phenoxy) is 1. The fraction of sp³-hybridized carbons (Fsp3) is 0.688. The van der Waals surface area contributed by atoms with E-state index in [0.717, 1.165) is 25.8 Å². The smallest absolute Gasteiger partial charge is 0.317 e. The molecule has 0 aromatic carbocycles. The van der Waals surface area contributed by atoms with E-state index in [1.54, 1.807) is 7.11 Å². The Morgan fingerprint density at radius 2 is 2.29 bits per heavy atom. The van der Waals surface area contributed by atoms with Gasteiger partial charge in [-0.3, -0.25) is 0 Å². The first kappa shape index (κ1) is 16.3. The molecular weight excluding hydrogens is 284 g/mol. The molecular formula is C16H26N2O2S. The van der Waals surface area contributed by atoms with Crippen LogP contribution in [-0.4, -0.2) is 37.7 Å². The molecule has 4 nitrogen and oxygen atoms in total. The third kappa shape index (κ3) is 4.71. The molecule has 0 bridgehead atoms. The van der Waals surface area contributed by atoms with Crippen molar-refractivity contribution in [3.05, 3.63) is 21.9 Å². The van der Waals surface area contributed by atoms with E-state index >= 15 is 0 Å². The molecule has 118 valence electrons. The summed E-state index contributed by atoms with van der Waals surface area (Å²) in [6, 6.07) is 4.65. The zero-order chi connectivity index (χ0) is 15.1. The van der Waals surface area contributed by atoms with Crippen LogP contribution in [0.15, 0.2) is 12.1 Å². The molecule has 1 atom stereocenters. The van der Waals surface area contributed by atoms with Crippen LogP contribution in [0.2, 0.25) is 0 Å². The van der Waals surface area contributed by atoms with Gasteiger partial charge >= 0.3 is 6.03 Å². The number of methoxy groups -OCH3 is 1. The first-order valence-electron chi connectivity index (χ1n) is 7.82. The molecule has 1 N–H and O–H groups in total. The highest BCUT2D eigenvalue weighted by atomic mass is 32.1. The zero-order valence-electron chi connectivity index (χ0n) is 13.1. The number of hydrogen-bond acceptors (Lipinski definition) is 3.